The van der Waals surface area contributed by atoms with E-state index >= 15 is 0 Å². The number of rotatable bonds is 4. The van der Waals surface area contributed by atoms with E-state index in [0.717, 1.165) is 17.2 Å². The molecule has 1 fully saturated rings. The minimum atomic E-state index is -0.103. The molecule has 1 aliphatic rings. The first-order valence-electron chi connectivity index (χ1n) is 6.86. The van der Waals surface area contributed by atoms with E-state index in [1.165, 1.54) is 0 Å². The number of aliphatic hydroxyl groups excluding tert-OH is 1. The van der Waals surface area contributed by atoms with E-state index < -0.39 is 0 Å². The van der Waals surface area contributed by atoms with Crippen LogP contribution in [0, 0.1) is 6.92 Å². The summed E-state index contributed by atoms with van der Waals surface area (Å²) in [6.07, 6.45) is 1.76. The first kappa shape index (κ1) is 14.0. The predicted molar refractivity (Wildman–Crippen MR) is 82.7 cm³/mol. The Hall–Kier alpha value is -1.92. The van der Waals surface area contributed by atoms with Gasteiger partial charge in [0.2, 0.25) is 0 Å². The lowest BCUT2D eigenvalue weighted by Gasteiger charge is -2.25. The lowest BCUT2D eigenvalue weighted by atomic mass is 10.0. The van der Waals surface area contributed by atoms with Gasteiger partial charge in [-0.1, -0.05) is 6.07 Å². The van der Waals surface area contributed by atoms with Crippen LogP contribution in [0.1, 0.15) is 29.3 Å². The molecule has 2 N–H and O–H groups in total. The third-order valence-corrected chi connectivity index (χ3v) is 3.94. The van der Waals surface area contributed by atoms with Crippen LogP contribution in [0.2, 0.25) is 0 Å². The fourth-order valence-electron chi connectivity index (χ4n) is 2.68. The maximum absolute atomic E-state index is 9.30. The Balaban J connectivity index is 2.00. The summed E-state index contributed by atoms with van der Waals surface area (Å²) < 4.78 is 5.79. The number of furan rings is 1. The van der Waals surface area contributed by atoms with Crippen molar-refractivity contribution < 1.29 is 9.52 Å². The molecule has 0 radical (unpaired) electrons. The highest BCUT2D eigenvalue weighted by Gasteiger charge is 2.41. The van der Waals surface area contributed by atoms with Crippen molar-refractivity contribution in [3.63, 3.8) is 0 Å². The first-order valence-corrected chi connectivity index (χ1v) is 7.27. The van der Waals surface area contributed by atoms with E-state index in [-0.39, 0.29) is 18.7 Å². The molecular weight excluding hydrogens is 286 g/mol. The minimum Gasteiger partial charge on any atom is -0.464 e. The summed E-state index contributed by atoms with van der Waals surface area (Å²) in [4.78, 5) is 6.37. The zero-order chi connectivity index (χ0) is 14.8. The Bertz CT molecular complexity index is 629. The van der Waals surface area contributed by atoms with E-state index in [2.05, 4.69) is 10.3 Å². The molecule has 110 valence electrons. The Morgan fingerprint density at radius 2 is 2.24 bits per heavy atom. The topological polar surface area (TPSA) is 61.5 Å². The van der Waals surface area contributed by atoms with E-state index in [4.69, 9.17) is 16.6 Å². The van der Waals surface area contributed by atoms with Crippen molar-refractivity contribution >= 4 is 17.3 Å². The second-order valence-electron chi connectivity index (χ2n) is 4.99. The van der Waals surface area contributed by atoms with Crippen LogP contribution in [0.5, 0.6) is 0 Å². The highest BCUT2D eigenvalue weighted by atomic mass is 32.1. The lowest BCUT2D eigenvalue weighted by molar-refractivity contribution is 0.207. The van der Waals surface area contributed by atoms with Gasteiger partial charge in [0.15, 0.2) is 5.11 Å². The number of aliphatic hydroxyl groups is 1. The minimum absolute atomic E-state index is 0.0347. The molecule has 21 heavy (non-hydrogen) atoms. The summed E-state index contributed by atoms with van der Waals surface area (Å²) in [5, 5.41) is 13.2. The molecular formula is C15H17N3O2S. The number of β-amino-alcohol motifs (C(OH)–C–C–N with tert-alkyl or cyclic N) is 1. The van der Waals surface area contributed by atoms with Gasteiger partial charge in [-0.3, -0.25) is 4.98 Å². The monoisotopic (exact) mass is 303 g/mol. The highest BCUT2D eigenvalue weighted by molar-refractivity contribution is 7.80. The SMILES string of the molecule is Cc1ccc([C@@H]2[C@@H](c3ccccn3)NC(=S)N2CCO)o1. The second-order valence-corrected chi connectivity index (χ2v) is 5.38. The van der Waals surface area contributed by atoms with Crippen molar-refractivity contribution in [2.45, 2.75) is 19.0 Å². The summed E-state index contributed by atoms with van der Waals surface area (Å²) in [6.45, 7) is 2.41. The van der Waals surface area contributed by atoms with E-state index in [9.17, 15) is 5.11 Å². The second kappa shape index (κ2) is 5.83. The van der Waals surface area contributed by atoms with Gasteiger partial charge in [0.1, 0.15) is 17.6 Å². The van der Waals surface area contributed by atoms with Crippen LogP contribution in [0.15, 0.2) is 40.9 Å². The number of thiocarbonyl (C=S) groups is 1. The fourth-order valence-corrected chi connectivity index (χ4v) is 3.01. The third-order valence-electron chi connectivity index (χ3n) is 3.59. The van der Waals surface area contributed by atoms with Gasteiger partial charge >= 0.3 is 0 Å². The fraction of sp³-hybridized carbons (Fsp3) is 0.333. The first-order chi connectivity index (χ1) is 10.2. The average Bonchev–Trinajstić information content (AvgIpc) is 3.05. The number of pyridine rings is 1. The summed E-state index contributed by atoms with van der Waals surface area (Å²) in [7, 11) is 0. The Morgan fingerprint density at radius 3 is 2.86 bits per heavy atom. The molecule has 0 spiro atoms. The predicted octanol–water partition coefficient (Wildman–Crippen LogP) is 1.95. The molecule has 1 saturated heterocycles. The summed E-state index contributed by atoms with van der Waals surface area (Å²) in [5.41, 5.74) is 0.902. The van der Waals surface area contributed by atoms with Crippen molar-refractivity contribution in [2.75, 3.05) is 13.2 Å². The number of nitrogens with one attached hydrogen (secondary N) is 1. The molecule has 0 amide bonds. The van der Waals surface area contributed by atoms with Crippen LogP contribution >= 0.6 is 12.2 Å². The van der Waals surface area contributed by atoms with Gasteiger partial charge in [-0.15, -0.1) is 0 Å². The number of nitrogens with zero attached hydrogens (tertiary/aromatic N) is 2. The zero-order valence-electron chi connectivity index (χ0n) is 11.7. The Kier molecular flexibility index (Phi) is 3.90. The van der Waals surface area contributed by atoms with E-state index in [1.54, 1.807) is 6.20 Å². The Labute approximate surface area is 128 Å². The van der Waals surface area contributed by atoms with Crippen molar-refractivity contribution in [1.29, 1.82) is 0 Å². The molecule has 3 heterocycles. The van der Waals surface area contributed by atoms with Gasteiger partial charge in [-0.25, -0.2) is 0 Å². The molecule has 5 nitrogen and oxygen atoms in total. The van der Waals surface area contributed by atoms with Crippen molar-refractivity contribution in [3.8, 4) is 0 Å². The van der Waals surface area contributed by atoms with Crippen molar-refractivity contribution in [2.24, 2.45) is 0 Å². The summed E-state index contributed by atoms with van der Waals surface area (Å²) in [5.74, 6) is 1.68. The molecule has 1 aliphatic heterocycles. The number of aryl methyl sites for hydroxylation is 1. The van der Waals surface area contributed by atoms with E-state index in [1.807, 2.05) is 42.2 Å². The van der Waals surface area contributed by atoms with Crippen molar-refractivity contribution in [3.05, 3.63) is 53.7 Å². The standard InChI is InChI=1S/C15H17N3O2S/c1-10-5-6-12(20-10)14-13(11-4-2-3-7-16-11)17-15(21)18(14)8-9-19/h2-7,13-14,19H,8-9H2,1H3,(H,17,21)/t13-,14-/m1/s1. The summed E-state index contributed by atoms with van der Waals surface area (Å²) in [6, 6.07) is 9.50. The Morgan fingerprint density at radius 1 is 1.38 bits per heavy atom. The largest absolute Gasteiger partial charge is 0.464 e. The molecule has 0 bridgehead atoms. The molecule has 0 aromatic carbocycles. The number of aromatic nitrogens is 1. The van der Waals surface area contributed by atoms with Crippen LogP contribution in [-0.2, 0) is 0 Å². The normalized spacial score (nSPS) is 21.6. The van der Waals surface area contributed by atoms with Crippen LogP contribution in [0.25, 0.3) is 0 Å². The molecule has 6 heteroatoms. The smallest absolute Gasteiger partial charge is 0.170 e. The number of hydrogen-bond donors (Lipinski definition) is 2. The quantitative estimate of drug-likeness (QED) is 0.842. The molecule has 2 aromatic heterocycles. The molecule has 0 aliphatic carbocycles. The molecule has 3 rings (SSSR count). The molecule has 0 unspecified atom stereocenters. The summed E-state index contributed by atoms with van der Waals surface area (Å²) >= 11 is 5.40. The van der Waals surface area contributed by atoms with Crippen LogP contribution in [-0.4, -0.2) is 33.3 Å². The van der Waals surface area contributed by atoms with Crippen LogP contribution in [0.3, 0.4) is 0 Å². The molecule has 2 atom stereocenters. The van der Waals surface area contributed by atoms with Crippen LogP contribution in [0.4, 0.5) is 0 Å². The van der Waals surface area contributed by atoms with Gasteiger partial charge in [0.05, 0.1) is 18.3 Å². The molecule has 0 saturated carbocycles. The van der Waals surface area contributed by atoms with Gasteiger partial charge in [-0.05, 0) is 43.4 Å². The van der Waals surface area contributed by atoms with Gasteiger partial charge in [-0.2, -0.15) is 0 Å². The van der Waals surface area contributed by atoms with Crippen molar-refractivity contribution in [1.82, 2.24) is 15.2 Å². The van der Waals surface area contributed by atoms with Crippen LogP contribution < -0.4 is 5.32 Å². The van der Waals surface area contributed by atoms with Gasteiger partial charge < -0.3 is 19.7 Å². The lowest BCUT2D eigenvalue weighted by Crippen LogP contribution is -2.32. The third kappa shape index (κ3) is 2.64. The van der Waals surface area contributed by atoms with Gasteiger partial charge in [0, 0.05) is 12.7 Å². The zero-order valence-corrected chi connectivity index (χ0v) is 12.5. The number of hydrogen-bond acceptors (Lipinski definition) is 4. The van der Waals surface area contributed by atoms with Gasteiger partial charge in [0.25, 0.3) is 0 Å². The van der Waals surface area contributed by atoms with E-state index in [0.29, 0.717) is 11.7 Å². The maximum atomic E-state index is 9.30. The maximum Gasteiger partial charge on any atom is 0.170 e. The average molecular weight is 303 g/mol. The molecule has 2 aromatic rings. The highest BCUT2D eigenvalue weighted by Crippen LogP contribution is 2.38.